The third-order valence-corrected chi connectivity index (χ3v) is 4.76. The SMILES string of the molecule is Cc1cc(NC(=S)NC(=O)c2cc(Cl)cc(Cl)c2)ccc1NC(=O)c1ccccc1. The summed E-state index contributed by atoms with van der Waals surface area (Å²) in [5.74, 6) is -0.622. The minimum atomic E-state index is -0.430. The molecular formula is C22H17Cl2N3O2S. The van der Waals surface area contributed by atoms with Crippen molar-refractivity contribution in [2.24, 2.45) is 0 Å². The van der Waals surface area contributed by atoms with E-state index in [1.165, 1.54) is 18.2 Å². The quantitative estimate of drug-likeness (QED) is 0.440. The summed E-state index contributed by atoms with van der Waals surface area (Å²) in [6.07, 6.45) is 0. The minimum Gasteiger partial charge on any atom is -0.332 e. The topological polar surface area (TPSA) is 70.2 Å². The minimum absolute atomic E-state index is 0.122. The van der Waals surface area contributed by atoms with Gasteiger partial charge in [-0.25, -0.2) is 0 Å². The van der Waals surface area contributed by atoms with Gasteiger partial charge in [0.05, 0.1) is 0 Å². The van der Waals surface area contributed by atoms with Gasteiger partial charge in [-0.05, 0) is 73.2 Å². The summed E-state index contributed by atoms with van der Waals surface area (Å²) >= 11 is 17.1. The zero-order valence-electron chi connectivity index (χ0n) is 15.8. The van der Waals surface area contributed by atoms with E-state index in [2.05, 4.69) is 16.0 Å². The number of hydrogen-bond acceptors (Lipinski definition) is 3. The van der Waals surface area contributed by atoms with Crippen LogP contribution in [0.3, 0.4) is 0 Å². The van der Waals surface area contributed by atoms with Crippen molar-refractivity contribution in [3.63, 3.8) is 0 Å². The predicted octanol–water partition coefficient (Wildman–Crippen LogP) is 5.68. The second kappa shape index (κ2) is 9.71. The van der Waals surface area contributed by atoms with Crippen LogP contribution in [0.25, 0.3) is 0 Å². The van der Waals surface area contributed by atoms with Crippen molar-refractivity contribution in [2.75, 3.05) is 10.6 Å². The maximum Gasteiger partial charge on any atom is 0.257 e. The smallest absolute Gasteiger partial charge is 0.257 e. The maximum atomic E-state index is 12.3. The Morgan fingerprint density at radius 3 is 2.10 bits per heavy atom. The van der Waals surface area contributed by atoms with E-state index < -0.39 is 5.91 Å². The Morgan fingerprint density at radius 1 is 0.800 bits per heavy atom. The van der Waals surface area contributed by atoms with Gasteiger partial charge in [-0.2, -0.15) is 0 Å². The van der Waals surface area contributed by atoms with E-state index in [1.807, 2.05) is 19.1 Å². The Bertz CT molecular complexity index is 1100. The van der Waals surface area contributed by atoms with Gasteiger partial charge >= 0.3 is 0 Å². The zero-order valence-corrected chi connectivity index (χ0v) is 18.2. The van der Waals surface area contributed by atoms with Gasteiger partial charge < -0.3 is 10.6 Å². The first-order valence-corrected chi connectivity index (χ1v) is 10.0. The first-order chi connectivity index (χ1) is 14.3. The lowest BCUT2D eigenvalue weighted by Gasteiger charge is -2.13. The number of rotatable bonds is 4. The molecule has 0 radical (unpaired) electrons. The molecule has 0 aromatic heterocycles. The average molecular weight is 458 g/mol. The van der Waals surface area contributed by atoms with Crippen molar-refractivity contribution >= 4 is 63.7 Å². The van der Waals surface area contributed by atoms with Gasteiger partial charge in [-0.3, -0.25) is 14.9 Å². The number of anilines is 2. The highest BCUT2D eigenvalue weighted by molar-refractivity contribution is 7.80. The number of carbonyl (C=O) groups is 2. The van der Waals surface area contributed by atoms with E-state index in [9.17, 15) is 9.59 Å². The molecule has 3 aromatic rings. The first-order valence-electron chi connectivity index (χ1n) is 8.87. The maximum absolute atomic E-state index is 12.3. The first kappa shape index (κ1) is 21.8. The molecule has 0 saturated heterocycles. The summed E-state index contributed by atoms with van der Waals surface area (Å²) < 4.78 is 0. The van der Waals surface area contributed by atoms with Crippen molar-refractivity contribution in [3.05, 3.63) is 93.5 Å². The number of nitrogens with one attached hydrogen (secondary N) is 3. The van der Waals surface area contributed by atoms with E-state index in [1.54, 1.807) is 36.4 Å². The van der Waals surface area contributed by atoms with Crippen LogP contribution in [0, 0.1) is 6.92 Å². The molecule has 2 amide bonds. The van der Waals surface area contributed by atoms with E-state index in [0.717, 1.165) is 5.56 Å². The molecule has 0 aliphatic carbocycles. The molecule has 5 nitrogen and oxygen atoms in total. The summed E-state index contributed by atoms with van der Waals surface area (Å²) in [4.78, 5) is 24.6. The normalized spacial score (nSPS) is 10.2. The molecule has 0 bridgehead atoms. The van der Waals surface area contributed by atoms with Crippen LogP contribution in [0.15, 0.2) is 66.7 Å². The third-order valence-electron chi connectivity index (χ3n) is 4.12. The number of thiocarbonyl (C=S) groups is 1. The number of aryl methyl sites for hydroxylation is 1. The number of carbonyl (C=O) groups excluding carboxylic acids is 2. The molecule has 8 heteroatoms. The summed E-state index contributed by atoms with van der Waals surface area (Å²) in [7, 11) is 0. The monoisotopic (exact) mass is 457 g/mol. The fraction of sp³-hybridized carbons (Fsp3) is 0.0455. The van der Waals surface area contributed by atoms with Gasteiger partial charge in [0, 0.05) is 32.5 Å². The van der Waals surface area contributed by atoms with Crippen molar-refractivity contribution in [3.8, 4) is 0 Å². The molecule has 0 heterocycles. The van der Waals surface area contributed by atoms with E-state index in [-0.39, 0.29) is 11.0 Å². The highest BCUT2D eigenvalue weighted by atomic mass is 35.5. The molecule has 0 saturated carbocycles. The molecule has 152 valence electrons. The van der Waals surface area contributed by atoms with Crippen LogP contribution in [0.2, 0.25) is 10.0 Å². The number of halogens is 2. The van der Waals surface area contributed by atoms with Crippen molar-refractivity contribution in [2.45, 2.75) is 6.92 Å². The molecule has 3 aromatic carbocycles. The third kappa shape index (κ3) is 5.79. The second-order valence-electron chi connectivity index (χ2n) is 6.42. The molecular weight excluding hydrogens is 441 g/mol. The molecule has 0 unspecified atom stereocenters. The molecule has 3 rings (SSSR count). The fourth-order valence-electron chi connectivity index (χ4n) is 2.69. The lowest BCUT2D eigenvalue weighted by Crippen LogP contribution is -2.34. The Kier molecular flexibility index (Phi) is 7.05. The van der Waals surface area contributed by atoms with Gasteiger partial charge in [0.1, 0.15) is 0 Å². The van der Waals surface area contributed by atoms with Crippen LogP contribution in [-0.4, -0.2) is 16.9 Å². The Balaban J connectivity index is 1.63. The number of benzene rings is 3. The van der Waals surface area contributed by atoms with Gasteiger partial charge in [0.15, 0.2) is 5.11 Å². The Labute approximate surface area is 189 Å². The van der Waals surface area contributed by atoms with Gasteiger partial charge in [0.25, 0.3) is 11.8 Å². The number of amides is 2. The predicted molar refractivity (Wildman–Crippen MR) is 126 cm³/mol. The van der Waals surface area contributed by atoms with Crippen LogP contribution in [0.1, 0.15) is 26.3 Å². The Hall–Kier alpha value is -2.93. The molecule has 0 atom stereocenters. The van der Waals surface area contributed by atoms with Gasteiger partial charge in [0.2, 0.25) is 0 Å². The Morgan fingerprint density at radius 2 is 1.47 bits per heavy atom. The van der Waals surface area contributed by atoms with Crippen molar-refractivity contribution in [1.29, 1.82) is 0 Å². The summed E-state index contributed by atoms with van der Waals surface area (Å²) in [6, 6.07) is 18.8. The van der Waals surface area contributed by atoms with Crippen LogP contribution in [0.4, 0.5) is 11.4 Å². The fourth-order valence-corrected chi connectivity index (χ4v) is 3.42. The van der Waals surface area contributed by atoms with E-state index in [4.69, 9.17) is 35.4 Å². The summed E-state index contributed by atoms with van der Waals surface area (Å²) in [5.41, 5.74) is 3.05. The van der Waals surface area contributed by atoms with Gasteiger partial charge in [-0.15, -0.1) is 0 Å². The number of hydrogen-bond donors (Lipinski definition) is 3. The van der Waals surface area contributed by atoms with Gasteiger partial charge in [-0.1, -0.05) is 41.4 Å². The molecule has 0 aliphatic rings. The largest absolute Gasteiger partial charge is 0.332 e. The van der Waals surface area contributed by atoms with Crippen LogP contribution in [0.5, 0.6) is 0 Å². The average Bonchev–Trinajstić information content (AvgIpc) is 2.69. The lowest BCUT2D eigenvalue weighted by molar-refractivity contribution is 0.0976. The van der Waals surface area contributed by atoms with Crippen molar-refractivity contribution < 1.29 is 9.59 Å². The summed E-state index contributed by atoms with van der Waals surface area (Å²) in [5, 5.41) is 9.24. The highest BCUT2D eigenvalue weighted by Crippen LogP contribution is 2.21. The lowest BCUT2D eigenvalue weighted by atomic mass is 10.1. The van der Waals surface area contributed by atoms with E-state index >= 15 is 0 Å². The molecule has 0 aliphatic heterocycles. The standard InChI is InChI=1S/C22H17Cl2N3O2S/c1-13-9-18(7-8-19(13)26-20(28)14-5-3-2-4-6-14)25-22(30)27-21(29)15-10-16(23)12-17(24)11-15/h2-12H,1H3,(H,26,28)(H2,25,27,29,30). The van der Waals surface area contributed by atoms with Crippen molar-refractivity contribution in [1.82, 2.24) is 5.32 Å². The molecule has 3 N–H and O–H groups in total. The highest BCUT2D eigenvalue weighted by Gasteiger charge is 2.11. The summed E-state index contributed by atoms with van der Waals surface area (Å²) in [6.45, 7) is 1.86. The van der Waals surface area contributed by atoms with Crippen LogP contribution >= 0.6 is 35.4 Å². The van der Waals surface area contributed by atoms with E-state index in [0.29, 0.717) is 32.5 Å². The second-order valence-corrected chi connectivity index (χ2v) is 7.70. The zero-order chi connectivity index (χ0) is 21.7. The molecule has 0 fully saturated rings. The van der Waals surface area contributed by atoms with Crippen LogP contribution < -0.4 is 16.0 Å². The molecule has 0 spiro atoms. The molecule has 30 heavy (non-hydrogen) atoms. The van der Waals surface area contributed by atoms with Crippen LogP contribution in [-0.2, 0) is 0 Å².